The number of nitrogens with zero attached hydrogens (tertiary/aromatic N) is 3. The van der Waals surface area contributed by atoms with Crippen LogP contribution in [0.25, 0.3) is 0 Å². The zero-order valence-electron chi connectivity index (χ0n) is 17.9. The van der Waals surface area contributed by atoms with Crippen LogP contribution in [0.4, 0.5) is 19.0 Å². The van der Waals surface area contributed by atoms with E-state index in [1.807, 2.05) is 18.7 Å². The van der Waals surface area contributed by atoms with E-state index in [1.165, 1.54) is 6.07 Å². The Hall–Kier alpha value is -3.28. The van der Waals surface area contributed by atoms with Gasteiger partial charge in [-0.3, -0.25) is 4.79 Å². The third-order valence-electron chi connectivity index (χ3n) is 5.37. The summed E-state index contributed by atoms with van der Waals surface area (Å²) in [6.07, 6.45) is -3.06. The zero-order chi connectivity index (χ0) is 23.3. The molecule has 2 heterocycles. The summed E-state index contributed by atoms with van der Waals surface area (Å²) in [6, 6.07) is 11.2. The molecule has 0 saturated carbocycles. The van der Waals surface area contributed by atoms with Gasteiger partial charge >= 0.3 is 6.18 Å². The number of nitriles is 1. The Bertz CT molecular complexity index is 962. The minimum absolute atomic E-state index is 0.0794. The van der Waals surface area contributed by atoms with Crippen LogP contribution in [-0.2, 0) is 11.0 Å². The van der Waals surface area contributed by atoms with Crippen molar-refractivity contribution in [2.24, 2.45) is 5.92 Å². The number of rotatable bonds is 6. The van der Waals surface area contributed by atoms with Gasteiger partial charge in [-0.15, -0.1) is 0 Å². The van der Waals surface area contributed by atoms with E-state index in [9.17, 15) is 23.2 Å². The van der Waals surface area contributed by atoms with Gasteiger partial charge in [0.25, 0.3) is 5.91 Å². The smallest absolute Gasteiger partial charge is 0.417 e. The molecule has 2 aromatic rings. The molecule has 32 heavy (non-hydrogen) atoms. The molecule has 0 spiro atoms. The minimum atomic E-state index is -4.41. The van der Waals surface area contributed by atoms with Crippen LogP contribution in [0, 0.1) is 17.2 Å². The summed E-state index contributed by atoms with van der Waals surface area (Å²) in [4.78, 5) is 18.7. The summed E-state index contributed by atoms with van der Waals surface area (Å²) in [5.41, 5.74) is -0.413. The van der Waals surface area contributed by atoms with Crippen molar-refractivity contribution in [1.82, 2.24) is 10.3 Å². The van der Waals surface area contributed by atoms with Crippen LogP contribution in [0.5, 0.6) is 5.75 Å². The molecule has 0 radical (unpaired) electrons. The molecule has 1 fully saturated rings. The fourth-order valence-corrected chi connectivity index (χ4v) is 3.57. The molecule has 0 bridgehead atoms. The molecule has 1 aromatic carbocycles. The lowest BCUT2D eigenvalue weighted by Crippen LogP contribution is -2.50. The SMILES string of the molecule is CC(C)C(Oc1ccccc1C#N)C(=O)NC1CCN(c2ccc(C(F)(F)F)cn2)CC1. The van der Waals surface area contributed by atoms with Crippen molar-refractivity contribution in [3.8, 4) is 11.8 Å². The Kier molecular flexibility index (Phi) is 7.23. The van der Waals surface area contributed by atoms with Gasteiger partial charge in [-0.1, -0.05) is 26.0 Å². The number of amides is 1. The van der Waals surface area contributed by atoms with E-state index in [4.69, 9.17) is 4.74 Å². The monoisotopic (exact) mass is 446 g/mol. The second kappa shape index (κ2) is 9.90. The minimum Gasteiger partial charge on any atom is -0.479 e. The van der Waals surface area contributed by atoms with Gasteiger partial charge in [0.1, 0.15) is 17.6 Å². The molecule has 6 nitrogen and oxygen atoms in total. The van der Waals surface area contributed by atoms with Gasteiger partial charge in [0.15, 0.2) is 6.10 Å². The first-order valence-corrected chi connectivity index (χ1v) is 10.4. The number of nitrogens with one attached hydrogen (secondary N) is 1. The largest absolute Gasteiger partial charge is 0.479 e. The summed E-state index contributed by atoms with van der Waals surface area (Å²) >= 11 is 0. The molecule has 1 amide bonds. The third kappa shape index (κ3) is 5.69. The molecule has 3 rings (SSSR count). The molecule has 1 aliphatic rings. The highest BCUT2D eigenvalue weighted by Crippen LogP contribution is 2.30. The number of ether oxygens (including phenoxy) is 1. The fourth-order valence-electron chi connectivity index (χ4n) is 3.57. The predicted molar refractivity (Wildman–Crippen MR) is 113 cm³/mol. The van der Waals surface area contributed by atoms with Gasteiger partial charge in [0.05, 0.1) is 11.1 Å². The third-order valence-corrected chi connectivity index (χ3v) is 5.37. The Morgan fingerprint density at radius 2 is 1.91 bits per heavy atom. The molecule has 9 heteroatoms. The van der Waals surface area contributed by atoms with Crippen molar-refractivity contribution >= 4 is 11.7 Å². The number of halogens is 3. The number of alkyl halides is 3. The maximum absolute atomic E-state index is 12.9. The Morgan fingerprint density at radius 3 is 2.47 bits per heavy atom. The lowest BCUT2D eigenvalue weighted by atomic mass is 10.0. The first kappa shape index (κ1) is 23.4. The van der Waals surface area contributed by atoms with Gasteiger partial charge in [-0.2, -0.15) is 18.4 Å². The van der Waals surface area contributed by atoms with E-state index < -0.39 is 17.8 Å². The number of carbonyl (C=O) groups is 1. The van der Waals surface area contributed by atoms with Crippen molar-refractivity contribution < 1.29 is 22.7 Å². The van der Waals surface area contributed by atoms with Gasteiger partial charge in [0.2, 0.25) is 0 Å². The molecule has 1 aliphatic heterocycles. The molecule has 1 N–H and O–H groups in total. The van der Waals surface area contributed by atoms with Crippen LogP contribution >= 0.6 is 0 Å². The molecule has 1 aromatic heterocycles. The predicted octanol–water partition coefficient (Wildman–Crippen LogP) is 4.16. The van der Waals surface area contributed by atoms with Crippen molar-refractivity contribution in [1.29, 1.82) is 5.26 Å². The quantitative estimate of drug-likeness (QED) is 0.721. The van der Waals surface area contributed by atoms with Gasteiger partial charge in [-0.05, 0) is 43.0 Å². The maximum Gasteiger partial charge on any atom is 0.417 e. The van der Waals surface area contributed by atoms with Crippen molar-refractivity contribution in [2.75, 3.05) is 18.0 Å². The number of benzene rings is 1. The summed E-state index contributed by atoms with van der Waals surface area (Å²) in [5, 5.41) is 12.3. The summed E-state index contributed by atoms with van der Waals surface area (Å²) in [6.45, 7) is 4.87. The standard InChI is InChI=1S/C23H25F3N4O2/c1-15(2)21(32-19-6-4-3-5-16(19)13-27)22(31)29-18-9-11-30(12-10-18)20-8-7-17(14-28-20)23(24,25)26/h3-8,14-15,18,21H,9-12H2,1-2H3,(H,29,31). The molecule has 1 unspecified atom stereocenters. The topological polar surface area (TPSA) is 78.2 Å². The average Bonchev–Trinajstić information content (AvgIpc) is 2.77. The molecule has 1 saturated heterocycles. The highest BCUT2D eigenvalue weighted by atomic mass is 19.4. The molecule has 0 aliphatic carbocycles. The lowest BCUT2D eigenvalue weighted by molar-refractivity contribution is -0.137. The number of piperidine rings is 1. The molecule has 170 valence electrons. The molecular formula is C23H25F3N4O2. The first-order valence-electron chi connectivity index (χ1n) is 10.4. The van der Waals surface area contributed by atoms with Crippen LogP contribution < -0.4 is 15.0 Å². The van der Waals surface area contributed by atoms with Crippen LogP contribution in [0.2, 0.25) is 0 Å². The van der Waals surface area contributed by atoms with Crippen LogP contribution in [0.15, 0.2) is 42.6 Å². The number of hydrogen-bond donors (Lipinski definition) is 1. The second-order valence-electron chi connectivity index (χ2n) is 8.06. The molecular weight excluding hydrogens is 421 g/mol. The summed E-state index contributed by atoms with van der Waals surface area (Å²) in [5.74, 6) is 0.489. The maximum atomic E-state index is 12.9. The van der Waals surface area contributed by atoms with E-state index in [-0.39, 0.29) is 17.9 Å². The van der Waals surface area contributed by atoms with E-state index in [2.05, 4.69) is 16.4 Å². The van der Waals surface area contributed by atoms with Gasteiger partial charge in [0, 0.05) is 25.3 Å². The normalized spacial score (nSPS) is 15.8. The summed E-state index contributed by atoms with van der Waals surface area (Å²) in [7, 11) is 0. The van der Waals surface area contributed by atoms with Crippen molar-refractivity contribution in [3.63, 3.8) is 0 Å². The fraction of sp³-hybridized carbons (Fsp3) is 0.435. The highest BCUT2D eigenvalue weighted by Gasteiger charge is 2.32. The number of pyridine rings is 1. The number of aromatic nitrogens is 1. The van der Waals surface area contributed by atoms with Crippen LogP contribution in [0.3, 0.4) is 0 Å². The second-order valence-corrected chi connectivity index (χ2v) is 8.06. The number of carbonyl (C=O) groups excluding carboxylic acids is 1. The Morgan fingerprint density at radius 1 is 1.22 bits per heavy atom. The average molecular weight is 446 g/mol. The zero-order valence-corrected chi connectivity index (χ0v) is 17.9. The highest BCUT2D eigenvalue weighted by molar-refractivity contribution is 5.81. The molecule has 1 atom stereocenters. The summed E-state index contributed by atoms with van der Waals surface area (Å²) < 4.78 is 44.0. The van der Waals surface area contributed by atoms with E-state index in [1.54, 1.807) is 24.3 Å². The van der Waals surface area contributed by atoms with Crippen molar-refractivity contribution in [2.45, 2.75) is 45.0 Å². The number of anilines is 1. The Balaban J connectivity index is 1.57. The van der Waals surface area contributed by atoms with E-state index in [0.717, 1.165) is 12.3 Å². The first-order chi connectivity index (χ1) is 15.2. The van der Waals surface area contributed by atoms with Crippen molar-refractivity contribution in [3.05, 3.63) is 53.7 Å². The van der Waals surface area contributed by atoms with Gasteiger partial charge < -0.3 is 15.0 Å². The van der Waals surface area contributed by atoms with E-state index in [0.29, 0.717) is 43.1 Å². The van der Waals surface area contributed by atoms with E-state index >= 15 is 0 Å². The lowest BCUT2D eigenvalue weighted by Gasteiger charge is -2.34. The van der Waals surface area contributed by atoms with Gasteiger partial charge in [-0.25, -0.2) is 4.98 Å². The van der Waals surface area contributed by atoms with Crippen LogP contribution in [0.1, 0.15) is 37.8 Å². The number of hydrogen-bond acceptors (Lipinski definition) is 5. The van der Waals surface area contributed by atoms with Crippen LogP contribution in [-0.4, -0.2) is 36.1 Å². The number of para-hydroxylation sites is 1. The Labute approximate surface area is 185 Å².